The number of ether oxygens (including phenoxy) is 1. The maximum Gasteiger partial charge on any atom is 0.416 e. The molecule has 1 amide bonds. The van der Waals surface area contributed by atoms with Gasteiger partial charge < -0.3 is 9.84 Å². The first-order valence-electron chi connectivity index (χ1n) is 5.28. The molecule has 6 nitrogen and oxygen atoms in total. The molecule has 0 aromatic carbocycles. The van der Waals surface area contributed by atoms with E-state index in [4.69, 9.17) is 16.3 Å². The van der Waals surface area contributed by atoms with Gasteiger partial charge in [0.15, 0.2) is 5.82 Å². The van der Waals surface area contributed by atoms with Crippen LogP contribution in [0.15, 0.2) is 31.0 Å². The van der Waals surface area contributed by atoms with Crippen LogP contribution in [0, 0.1) is 12.3 Å². The third-order valence-corrected chi connectivity index (χ3v) is 2.07. The highest BCUT2D eigenvalue weighted by Gasteiger charge is 2.23. The maximum atomic E-state index is 11.8. The molecule has 0 saturated heterocycles. The van der Waals surface area contributed by atoms with Crippen LogP contribution in [0.2, 0.25) is 0 Å². The van der Waals surface area contributed by atoms with Gasteiger partial charge in [-0.15, -0.1) is 6.42 Å². The van der Waals surface area contributed by atoms with E-state index in [9.17, 15) is 9.59 Å². The lowest BCUT2D eigenvalue weighted by molar-refractivity contribution is 0.0697. The third-order valence-electron chi connectivity index (χ3n) is 2.07. The predicted molar refractivity (Wildman–Crippen MR) is 68.9 cm³/mol. The van der Waals surface area contributed by atoms with Crippen LogP contribution in [0.3, 0.4) is 0 Å². The zero-order valence-corrected chi connectivity index (χ0v) is 10.1. The van der Waals surface area contributed by atoms with E-state index in [1.165, 1.54) is 24.4 Å². The lowest BCUT2D eigenvalue weighted by Crippen LogP contribution is -2.34. The van der Waals surface area contributed by atoms with Crippen LogP contribution >= 0.6 is 0 Å². The van der Waals surface area contributed by atoms with Crippen LogP contribution in [-0.2, 0) is 4.74 Å². The van der Waals surface area contributed by atoms with Gasteiger partial charge in [-0.3, -0.25) is 0 Å². The van der Waals surface area contributed by atoms with E-state index in [0.717, 1.165) is 4.90 Å². The summed E-state index contributed by atoms with van der Waals surface area (Å²) in [6.45, 7) is 3.26. The zero-order chi connectivity index (χ0) is 14.3. The van der Waals surface area contributed by atoms with Crippen molar-refractivity contribution in [2.45, 2.75) is 0 Å². The Hall–Kier alpha value is -2.81. The molecular weight excluding hydrogens is 248 g/mol. The van der Waals surface area contributed by atoms with Crippen molar-refractivity contribution in [2.75, 3.05) is 18.1 Å². The molecule has 19 heavy (non-hydrogen) atoms. The molecule has 98 valence electrons. The monoisotopic (exact) mass is 260 g/mol. The molecule has 0 radical (unpaired) electrons. The molecule has 1 rings (SSSR count). The van der Waals surface area contributed by atoms with E-state index in [0.29, 0.717) is 0 Å². The van der Waals surface area contributed by atoms with Crippen LogP contribution in [0.4, 0.5) is 10.6 Å². The molecule has 0 atom stereocenters. The molecule has 6 heteroatoms. The van der Waals surface area contributed by atoms with Crippen molar-refractivity contribution in [1.82, 2.24) is 4.98 Å². The number of pyridine rings is 1. The lowest BCUT2D eigenvalue weighted by Gasteiger charge is -2.19. The number of nitrogens with zero attached hydrogens (tertiary/aromatic N) is 2. The molecule has 1 N–H and O–H groups in total. The second-order valence-corrected chi connectivity index (χ2v) is 3.34. The SMILES string of the molecule is C#CCN(C(=O)OCC=C)c1ncccc1C(=O)O. The minimum Gasteiger partial charge on any atom is -0.478 e. The van der Waals surface area contributed by atoms with Crippen molar-refractivity contribution < 1.29 is 19.4 Å². The Morgan fingerprint density at radius 3 is 2.95 bits per heavy atom. The number of hydrogen-bond donors (Lipinski definition) is 1. The van der Waals surface area contributed by atoms with Crippen molar-refractivity contribution in [1.29, 1.82) is 0 Å². The third kappa shape index (κ3) is 3.57. The second kappa shape index (κ2) is 6.81. The van der Waals surface area contributed by atoms with E-state index >= 15 is 0 Å². The van der Waals surface area contributed by atoms with E-state index < -0.39 is 12.1 Å². The fourth-order valence-electron chi connectivity index (χ4n) is 1.30. The van der Waals surface area contributed by atoms with E-state index in [1.807, 2.05) is 0 Å². The Morgan fingerprint density at radius 2 is 2.37 bits per heavy atom. The number of terminal acetylenes is 1. The Morgan fingerprint density at radius 1 is 1.63 bits per heavy atom. The maximum absolute atomic E-state index is 11.8. The number of hydrogen-bond acceptors (Lipinski definition) is 4. The van der Waals surface area contributed by atoms with Gasteiger partial charge in [0.05, 0.1) is 6.54 Å². The number of carbonyl (C=O) groups is 2. The number of aromatic nitrogens is 1. The first-order chi connectivity index (χ1) is 9.11. The number of aromatic carboxylic acids is 1. The Balaban J connectivity index is 3.12. The van der Waals surface area contributed by atoms with Gasteiger partial charge in [-0.25, -0.2) is 19.5 Å². The van der Waals surface area contributed by atoms with Crippen LogP contribution in [-0.4, -0.2) is 35.3 Å². The highest BCUT2D eigenvalue weighted by Crippen LogP contribution is 2.17. The smallest absolute Gasteiger partial charge is 0.416 e. The van der Waals surface area contributed by atoms with Crippen LogP contribution < -0.4 is 4.90 Å². The van der Waals surface area contributed by atoms with Gasteiger partial charge in [-0.1, -0.05) is 18.6 Å². The van der Waals surface area contributed by atoms with Gasteiger partial charge in [0.1, 0.15) is 12.2 Å². The van der Waals surface area contributed by atoms with Crippen molar-refractivity contribution in [3.05, 3.63) is 36.5 Å². The minimum absolute atomic E-state index is 0.00482. The van der Waals surface area contributed by atoms with Crippen LogP contribution in [0.5, 0.6) is 0 Å². The number of carbonyl (C=O) groups excluding carboxylic acids is 1. The quantitative estimate of drug-likeness (QED) is 0.641. The largest absolute Gasteiger partial charge is 0.478 e. The number of carboxylic acids is 1. The Bertz CT molecular complexity index is 534. The summed E-state index contributed by atoms with van der Waals surface area (Å²) in [6.07, 6.45) is 7.14. The first-order valence-corrected chi connectivity index (χ1v) is 5.28. The molecule has 0 aliphatic rings. The molecule has 0 aliphatic carbocycles. The van der Waals surface area contributed by atoms with Crippen molar-refractivity contribution in [3.8, 4) is 12.3 Å². The first kappa shape index (κ1) is 14.3. The van der Waals surface area contributed by atoms with Gasteiger partial charge in [0.25, 0.3) is 0 Å². The molecule has 0 unspecified atom stereocenters. The molecule has 0 saturated carbocycles. The zero-order valence-electron chi connectivity index (χ0n) is 10.1. The summed E-state index contributed by atoms with van der Waals surface area (Å²) >= 11 is 0. The number of amides is 1. The van der Waals surface area contributed by atoms with Gasteiger partial charge in [0.2, 0.25) is 0 Å². The molecule has 0 bridgehead atoms. The Kier molecular flexibility index (Phi) is 5.11. The average molecular weight is 260 g/mol. The van der Waals surface area contributed by atoms with Crippen LogP contribution in [0.1, 0.15) is 10.4 Å². The van der Waals surface area contributed by atoms with Crippen molar-refractivity contribution in [2.24, 2.45) is 0 Å². The average Bonchev–Trinajstić information content (AvgIpc) is 2.42. The molecule has 0 aliphatic heterocycles. The predicted octanol–water partition coefficient (Wildman–Crippen LogP) is 1.54. The summed E-state index contributed by atoms with van der Waals surface area (Å²) in [5.41, 5.74) is -0.131. The van der Waals surface area contributed by atoms with E-state index in [2.05, 4.69) is 17.5 Å². The standard InChI is InChI=1S/C13H12N2O4/c1-3-8-15(13(18)19-9-4-2)11-10(12(16)17)6-5-7-14-11/h1,4-7H,2,8-9H2,(H,16,17). The van der Waals surface area contributed by atoms with Gasteiger partial charge in [-0.05, 0) is 12.1 Å². The highest BCUT2D eigenvalue weighted by molar-refractivity contribution is 5.98. The molecule has 0 spiro atoms. The Labute approximate surface area is 110 Å². The summed E-state index contributed by atoms with van der Waals surface area (Å²) in [7, 11) is 0. The van der Waals surface area contributed by atoms with Crippen molar-refractivity contribution >= 4 is 17.9 Å². The van der Waals surface area contributed by atoms with Crippen LogP contribution in [0.25, 0.3) is 0 Å². The normalized spacial score (nSPS) is 9.21. The van der Waals surface area contributed by atoms with Gasteiger partial charge in [0, 0.05) is 6.20 Å². The summed E-state index contributed by atoms with van der Waals surface area (Å²) in [5, 5.41) is 9.05. The molecule has 0 fully saturated rings. The molecule has 1 aromatic heterocycles. The summed E-state index contributed by atoms with van der Waals surface area (Å²) < 4.78 is 4.84. The number of rotatable bonds is 5. The van der Waals surface area contributed by atoms with Crippen molar-refractivity contribution in [3.63, 3.8) is 0 Å². The number of carboxylic acid groups (broad SMARTS) is 1. The molecule has 1 aromatic rings. The highest BCUT2D eigenvalue weighted by atomic mass is 16.6. The van der Waals surface area contributed by atoms with Gasteiger partial charge >= 0.3 is 12.1 Å². The summed E-state index contributed by atoms with van der Waals surface area (Å²) in [5.74, 6) is 0.996. The minimum atomic E-state index is -1.21. The second-order valence-electron chi connectivity index (χ2n) is 3.34. The van der Waals surface area contributed by atoms with E-state index in [1.54, 1.807) is 0 Å². The summed E-state index contributed by atoms with van der Waals surface area (Å²) in [4.78, 5) is 27.7. The molecule has 1 heterocycles. The number of anilines is 1. The topological polar surface area (TPSA) is 79.7 Å². The lowest BCUT2D eigenvalue weighted by atomic mass is 10.2. The van der Waals surface area contributed by atoms with E-state index in [-0.39, 0.29) is 24.5 Å². The fraction of sp³-hybridized carbons (Fsp3) is 0.154. The molecular formula is C13H12N2O4. The summed E-state index contributed by atoms with van der Waals surface area (Å²) in [6, 6.07) is 2.78. The fourth-order valence-corrected chi connectivity index (χ4v) is 1.30. The van der Waals surface area contributed by atoms with Gasteiger partial charge in [-0.2, -0.15) is 0 Å².